The Morgan fingerprint density at radius 1 is 1.08 bits per heavy atom. The van der Waals surface area contributed by atoms with Gasteiger partial charge in [-0.1, -0.05) is 54.6 Å². The molecule has 2 bridgehead atoms. The number of hydrogen-bond acceptors (Lipinski definition) is 3. The van der Waals surface area contributed by atoms with Crippen LogP contribution in [0.25, 0.3) is 11.1 Å². The Kier molecular flexibility index (Phi) is 3.70. The molecule has 0 amide bonds. The first kappa shape index (κ1) is 15.6. The topological polar surface area (TPSA) is 32.7 Å². The fourth-order valence-corrected chi connectivity index (χ4v) is 5.45. The number of nitrogens with zero attached hydrogens (tertiary/aromatic N) is 1. The summed E-state index contributed by atoms with van der Waals surface area (Å²) in [5.41, 5.74) is 3.99. The van der Waals surface area contributed by atoms with Gasteiger partial charge in [-0.2, -0.15) is 0 Å². The van der Waals surface area contributed by atoms with E-state index in [-0.39, 0.29) is 12.2 Å². The molecule has 1 spiro atoms. The lowest BCUT2D eigenvalue weighted by molar-refractivity contribution is 0.000392. The molecule has 0 saturated carbocycles. The van der Waals surface area contributed by atoms with E-state index < -0.39 is 0 Å². The van der Waals surface area contributed by atoms with Crippen molar-refractivity contribution >= 4 is 0 Å². The van der Waals surface area contributed by atoms with E-state index in [1.807, 2.05) is 0 Å². The number of ether oxygens (including phenoxy) is 1. The minimum atomic E-state index is 0.0136. The average molecular weight is 335 g/mol. The van der Waals surface area contributed by atoms with Gasteiger partial charge in [-0.3, -0.25) is 4.90 Å². The van der Waals surface area contributed by atoms with Crippen molar-refractivity contribution in [3.8, 4) is 11.1 Å². The van der Waals surface area contributed by atoms with Crippen molar-refractivity contribution in [2.45, 2.75) is 31.1 Å². The zero-order chi connectivity index (χ0) is 16.9. The van der Waals surface area contributed by atoms with E-state index >= 15 is 0 Å². The number of rotatable bonds is 4. The highest BCUT2D eigenvalue weighted by atomic mass is 16.5. The van der Waals surface area contributed by atoms with Crippen LogP contribution in [0.2, 0.25) is 0 Å². The van der Waals surface area contributed by atoms with E-state index in [0.29, 0.717) is 17.9 Å². The molecule has 3 aliphatic heterocycles. The van der Waals surface area contributed by atoms with E-state index in [1.165, 1.54) is 16.7 Å². The highest BCUT2D eigenvalue weighted by molar-refractivity contribution is 5.67. The Balaban J connectivity index is 1.39. The maximum atomic E-state index is 9.80. The number of hydrogen-bond donors (Lipinski definition) is 1. The summed E-state index contributed by atoms with van der Waals surface area (Å²) in [5, 5.41) is 9.80. The van der Waals surface area contributed by atoms with Crippen LogP contribution in [0.15, 0.2) is 54.6 Å². The molecule has 5 rings (SSSR count). The standard InChI is InChI=1S/C22H25NO2/c24-14-19-20-13-23(15-22(20)11-10-21(19)25-22)12-17-8-4-5-9-18(17)16-6-2-1-3-7-16/h1-9,19-21,24H,10-15H2/t19-,20+,21+,22+/m0/s1. The van der Waals surface area contributed by atoms with Gasteiger partial charge in [0.2, 0.25) is 0 Å². The van der Waals surface area contributed by atoms with E-state index in [0.717, 1.165) is 32.5 Å². The second-order valence-electron chi connectivity index (χ2n) is 7.91. The van der Waals surface area contributed by atoms with Crippen molar-refractivity contribution in [1.82, 2.24) is 4.90 Å². The van der Waals surface area contributed by atoms with E-state index in [2.05, 4.69) is 59.5 Å². The predicted molar refractivity (Wildman–Crippen MR) is 98.1 cm³/mol. The van der Waals surface area contributed by atoms with Crippen molar-refractivity contribution in [3.05, 3.63) is 60.2 Å². The number of aliphatic hydroxyl groups excluding tert-OH is 1. The first-order valence-corrected chi connectivity index (χ1v) is 9.43. The normalized spacial score (nSPS) is 33.7. The van der Waals surface area contributed by atoms with Crippen molar-refractivity contribution in [1.29, 1.82) is 0 Å². The fraction of sp³-hybridized carbons (Fsp3) is 0.455. The summed E-state index contributed by atoms with van der Waals surface area (Å²) in [6.45, 7) is 3.28. The minimum absolute atomic E-state index is 0.0136. The summed E-state index contributed by atoms with van der Waals surface area (Å²) < 4.78 is 6.37. The van der Waals surface area contributed by atoms with E-state index in [1.54, 1.807) is 0 Å². The molecule has 25 heavy (non-hydrogen) atoms. The molecule has 3 heteroatoms. The van der Waals surface area contributed by atoms with Crippen LogP contribution in [-0.4, -0.2) is 41.4 Å². The number of benzene rings is 2. The third-order valence-electron chi connectivity index (χ3n) is 6.56. The van der Waals surface area contributed by atoms with Gasteiger partial charge in [-0.15, -0.1) is 0 Å². The molecule has 0 aliphatic carbocycles. The summed E-state index contributed by atoms with van der Waals surface area (Å²) in [4.78, 5) is 2.54. The zero-order valence-corrected chi connectivity index (χ0v) is 14.5. The van der Waals surface area contributed by atoms with Crippen LogP contribution in [0.4, 0.5) is 0 Å². The van der Waals surface area contributed by atoms with Crippen LogP contribution in [0, 0.1) is 11.8 Å². The summed E-state index contributed by atoms with van der Waals surface area (Å²) in [6, 6.07) is 19.4. The molecule has 3 heterocycles. The Bertz CT molecular complexity index is 762. The summed E-state index contributed by atoms with van der Waals surface area (Å²) in [6.07, 6.45) is 2.58. The molecule has 3 aliphatic rings. The lowest BCUT2D eigenvalue weighted by Crippen LogP contribution is -2.37. The van der Waals surface area contributed by atoms with Gasteiger partial charge in [0.1, 0.15) is 0 Å². The van der Waals surface area contributed by atoms with Crippen LogP contribution in [-0.2, 0) is 11.3 Å². The maximum Gasteiger partial charge on any atom is 0.0858 e. The molecule has 3 saturated heterocycles. The first-order valence-electron chi connectivity index (χ1n) is 9.43. The Labute approximate surface area is 149 Å². The summed E-state index contributed by atoms with van der Waals surface area (Å²) in [5.74, 6) is 0.836. The van der Waals surface area contributed by atoms with Crippen molar-refractivity contribution in [2.75, 3.05) is 19.7 Å². The fourth-order valence-electron chi connectivity index (χ4n) is 5.45. The van der Waals surface area contributed by atoms with Crippen LogP contribution in [0.5, 0.6) is 0 Å². The van der Waals surface area contributed by atoms with Gasteiger partial charge in [0.25, 0.3) is 0 Å². The van der Waals surface area contributed by atoms with Gasteiger partial charge >= 0.3 is 0 Å². The number of likely N-dealkylation sites (tertiary alicyclic amines) is 1. The molecule has 2 aromatic rings. The van der Waals surface area contributed by atoms with Crippen molar-refractivity contribution < 1.29 is 9.84 Å². The highest BCUT2D eigenvalue weighted by Crippen LogP contribution is 2.54. The van der Waals surface area contributed by atoms with Gasteiger partial charge in [0.05, 0.1) is 11.7 Å². The molecule has 130 valence electrons. The van der Waals surface area contributed by atoms with Crippen LogP contribution < -0.4 is 0 Å². The van der Waals surface area contributed by atoms with Crippen LogP contribution in [0.3, 0.4) is 0 Å². The quantitative estimate of drug-likeness (QED) is 0.930. The molecular weight excluding hydrogens is 310 g/mol. The molecule has 0 aromatic heterocycles. The van der Waals surface area contributed by atoms with Gasteiger partial charge in [-0.25, -0.2) is 0 Å². The van der Waals surface area contributed by atoms with Crippen LogP contribution >= 0.6 is 0 Å². The highest BCUT2D eigenvalue weighted by Gasteiger charge is 2.62. The number of fused-ring (bicyclic) bond motifs is 1. The van der Waals surface area contributed by atoms with Crippen molar-refractivity contribution in [2.24, 2.45) is 11.8 Å². The monoisotopic (exact) mass is 335 g/mol. The Morgan fingerprint density at radius 2 is 1.88 bits per heavy atom. The SMILES string of the molecule is OC[C@H]1[C@H]2CN(Cc3ccccc3-c3ccccc3)C[C@]23CC[C@H]1O3. The molecule has 3 fully saturated rings. The van der Waals surface area contributed by atoms with E-state index in [4.69, 9.17) is 4.74 Å². The predicted octanol–water partition coefficient (Wildman–Crippen LogP) is 3.33. The molecular formula is C22H25NO2. The average Bonchev–Trinajstić information content (AvgIpc) is 3.30. The third-order valence-corrected chi connectivity index (χ3v) is 6.56. The van der Waals surface area contributed by atoms with Gasteiger partial charge in [-0.05, 0) is 29.5 Å². The minimum Gasteiger partial charge on any atom is -0.396 e. The molecule has 0 unspecified atom stereocenters. The van der Waals surface area contributed by atoms with Gasteiger partial charge in [0.15, 0.2) is 0 Å². The first-order chi connectivity index (χ1) is 12.3. The van der Waals surface area contributed by atoms with Gasteiger partial charge in [0, 0.05) is 38.1 Å². The summed E-state index contributed by atoms with van der Waals surface area (Å²) in [7, 11) is 0. The second-order valence-corrected chi connectivity index (χ2v) is 7.91. The molecule has 4 atom stereocenters. The Morgan fingerprint density at radius 3 is 2.72 bits per heavy atom. The third kappa shape index (κ3) is 2.45. The second kappa shape index (κ2) is 5.94. The van der Waals surface area contributed by atoms with Crippen LogP contribution in [0.1, 0.15) is 18.4 Å². The smallest absolute Gasteiger partial charge is 0.0858 e. The molecule has 1 N–H and O–H groups in total. The zero-order valence-electron chi connectivity index (χ0n) is 14.5. The summed E-state index contributed by atoms with van der Waals surface area (Å²) >= 11 is 0. The molecule has 3 nitrogen and oxygen atoms in total. The van der Waals surface area contributed by atoms with Gasteiger partial charge < -0.3 is 9.84 Å². The van der Waals surface area contributed by atoms with E-state index in [9.17, 15) is 5.11 Å². The lowest BCUT2D eigenvalue weighted by Gasteiger charge is -2.28. The maximum absolute atomic E-state index is 9.80. The molecule has 2 aromatic carbocycles. The number of aliphatic hydroxyl groups is 1. The lowest BCUT2D eigenvalue weighted by atomic mass is 9.74. The molecule has 0 radical (unpaired) electrons. The Hall–Kier alpha value is -1.68. The van der Waals surface area contributed by atoms with Crippen molar-refractivity contribution in [3.63, 3.8) is 0 Å². The largest absolute Gasteiger partial charge is 0.396 e.